The van der Waals surface area contributed by atoms with Gasteiger partial charge in [-0.15, -0.1) is 0 Å². The number of ketones is 1. The lowest BCUT2D eigenvalue weighted by molar-refractivity contribution is -0.228. The maximum atomic E-state index is 17.2. The van der Waals surface area contributed by atoms with Gasteiger partial charge in [0.15, 0.2) is 17.1 Å². The summed E-state index contributed by atoms with van der Waals surface area (Å²) in [5.41, 5.74) is -6.84. The first-order valence-electron chi connectivity index (χ1n) is 11.7. The number of rotatable bonds is 4. The molecule has 0 saturated heterocycles. The van der Waals surface area contributed by atoms with Crippen molar-refractivity contribution in [2.24, 2.45) is 28.6 Å². The average molecular weight is 501 g/mol. The molecule has 0 radical (unpaired) electrons. The molecule has 4 rings (SSSR count). The number of carbonyl (C=O) groups excluding carboxylic acids is 3. The second kappa shape index (κ2) is 8.22. The predicted octanol–water partition coefficient (Wildman–Crippen LogP) is 4.43. The summed E-state index contributed by atoms with van der Waals surface area (Å²) in [5.74, 6) is -3.30. The van der Waals surface area contributed by atoms with Gasteiger partial charge in [0.2, 0.25) is 5.12 Å². The Balaban J connectivity index is 1.87. The Hall–Kier alpha value is -1.61. The average Bonchev–Trinajstić information content (AvgIpc) is 2.99. The molecule has 4 aliphatic carbocycles. The van der Waals surface area contributed by atoms with Crippen molar-refractivity contribution < 1.29 is 37.4 Å². The maximum Gasteiger partial charge on any atom is 0.306 e. The van der Waals surface area contributed by atoms with Crippen LogP contribution in [-0.4, -0.2) is 51.5 Å². The normalized spacial score (nSPS) is 47.4. The highest BCUT2D eigenvalue weighted by atomic mass is 32.2. The fraction of sp³-hybridized carbons (Fsp3) is 0.720. The van der Waals surface area contributed by atoms with Crippen molar-refractivity contribution in [3.8, 4) is 0 Å². The van der Waals surface area contributed by atoms with Crippen molar-refractivity contribution >= 4 is 28.6 Å². The maximum absolute atomic E-state index is 17.2. The first-order chi connectivity index (χ1) is 15.8. The number of carbonyl (C=O) groups is 3. The van der Waals surface area contributed by atoms with Crippen molar-refractivity contribution in [1.29, 1.82) is 0 Å². The lowest BCUT2D eigenvalue weighted by atomic mass is 9.44. The zero-order valence-electron chi connectivity index (χ0n) is 19.8. The minimum Gasteiger partial charge on any atom is -0.449 e. The number of hydrogen-bond acceptors (Lipinski definition) is 6. The van der Waals surface area contributed by atoms with Gasteiger partial charge in [-0.3, -0.25) is 14.4 Å². The smallest absolute Gasteiger partial charge is 0.306 e. The molecule has 4 aliphatic rings. The molecule has 34 heavy (non-hydrogen) atoms. The van der Waals surface area contributed by atoms with Crippen LogP contribution in [0.15, 0.2) is 23.8 Å². The molecular formula is C25H31F3O5S. The Labute approximate surface area is 201 Å². The van der Waals surface area contributed by atoms with E-state index in [0.29, 0.717) is 11.8 Å². The van der Waals surface area contributed by atoms with Gasteiger partial charge in [0.1, 0.15) is 12.2 Å². The largest absolute Gasteiger partial charge is 0.449 e. The molecule has 0 amide bonds. The fourth-order valence-corrected chi connectivity index (χ4v) is 8.42. The number of alkyl halides is 3. The van der Waals surface area contributed by atoms with Crippen LogP contribution in [0.1, 0.15) is 53.4 Å². The molecule has 9 atom stereocenters. The zero-order valence-corrected chi connectivity index (χ0v) is 20.6. The van der Waals surface area contributed by atoms with Crippen molar-refractivity contribution in [1.82, 2.24) is 0 Å². The van der Waals surface area contributed by atoms with Crippen molar-refractivity contribution in [3.05, 3.63) is 23.8 Å². The van der Waals surface area contributed by atoms with Crippen molar-refractivity contribution in [2.45, 2.75) is 76.9 Å². The second-order valence-electron chi connectivity index (χ2n) is 10.6. The zero-order chi connectivity index (χ0) is 25.3. The van der Waals surface area contributed by atoms with Gasteiger partial charge in [0, 0.05) is 29.1 Å². The number of thioether (sulfide) groups is 1. The number of esters is 1. The molecule has 0 aromatic carbocycles. The highest BCUT2D eigenvalue weighted by Gasteiger charge is 2.78. The van der Waals surface area contributed by atoms with E-state index in [0.717, 1.165) is 6.08 Å². The molecule has 0 spiro atoms. The van der Waals surface area contributed by atoms with E-state index >= 15 is 8.78 Å². The summed E-state index contributed by atoms with van der Waals surface area (Å²) in [6.07, 6.45) is 0.160. The quantitative estimate of drug-likeness (QED) is 0.576. The van der Waals surface area contributed by atoms with Gasteiger partial charge in [0.05, 0.1) is 6.10 Å². The van der Waals surface area contributed by atoms with Gasteiger partial charge in [-0.1, -0.05) is 26.8 Å². The minimum atomic E-state index is -2.30. The molecule has 0 bridgehead atoms. The molecule has 9 heteroatoms. The van der Waals surface area contributed by atoms with Crippen LogP contribution in [0.3, 0.4) is 0 Å². The van der Waals surface area contributed by atoms with Crippen molar-refractivity contribution in [3.63, 3.8) is 0 Å². The van der Waals surface area contributed by atoms with Gasteiger partial charge >= 0.3 is 5.97 Å². The highest BCUT2D eigenvalue weighted by molar-refractivity contribution is 8.13. The van der Waals surface area contributed by atoms with Crippen LogP contribution in [0.2, 0.25) is 0 Å². The lowest BCUT2D eigenvalue weighted by Gasteiger charge is -2.63. The molecule has 1 N–H and O–H groups in total. The molecular weight excluding hydrogens is 469 g/mol. The number of hydrogen-bond donors (Lipinski definition) is 1. The first-order valence-corrected chi connectivity index (χ1v) is 12.7. The molecule has 188 valence electrons. The number of allylic oxidation sites excluding steroid dienone is 4. The Bertz CT molecular complexity index is 984. The monoisotopic (exact) mass is 500 g/mol. The molecule has 0 aliphatic heterocycles. The van der Waals surface area contributed by atoms with E-state index in [1.807, 2.05) is 0 Å². The highest BCUT2D eigenvalue weighted by Crippen LogP contribution is 2.72. The molecule has 3 saturated carbocycles. The van der Waals surface area contributed by atoms with Gasteiger partial charge in [-0.05, 0) is 61.6 Å². The van der Waals surface area contributed by atoms with Crippen LogP contribution < -0.4 is 0 Å². The summed E-state index contributed by atoms with van der Waals surface area (Å²) < 4.78 is 51.8. The fourth-order valence-electron chi connectivity index (χ4n) is 7.63. The summed E-state index contributed by atoms with van der Waals surface area (Å²) in [5, 5.41) is 10.7. The van der Waals surface area contributed by atoms with Crippen molar-refractivity contribution in [2.75, 3.05) is 6.01 Å². The van der Waals surface area contributed by atoms with Crippen LogP contribution >= 0.6 is 11.8 Å². The van der Waals surface area contributed by atoms with E-state index in [4.69, 9.17) is 4.74 Å². The van der Waals surface area contributed by atoms with E-state index in [2.05, 4.69) is 0 Å². The molecule has 0 heterocycles. The van der Waals surface area contributed by atoms with Gasteiger partial charge in [-0.25, -0.2) is 13.2 Å². The molecule has 5 nitrogen and oxygen atoms in total. The van der Waals surface area contributed by atoms with E-state index in [1.165, 1.54) is 19.1 Å². The third kappa shape index (κ3) is 3.01. The Morgan fingerprint density at radius 1 is 1.26 bits per heavy atom. The number of fused-ring (bicyclic) bond motifs is 5. The van der Waals surface area contributed by atoms with Crippen LogP contribution in [0, 0.1) is 28.6 Å². The van der Waals surface area contributed by atoms with E-state index in [-0.39, 0.29) is 31.3 Å². The summed E-state index contributed by atoms with van der Waals surface area (Å²) in [6.45, 7) is 6.45. The van der Waals surface area contributed by atoms with Gasteiger partial charge < -0.3 is 9.84 Å². The molecule has 0 aromatic heterocycles. The number of aliphatic hydroxyl groups excluding tert-OH is 1. The van der Waals surface area contributed by atoms with E-state index in [9.17, 15) is 23.9 Å². The number of halogens is 3. The SMILES string of the molecule is CCC(=O)OC1(C(=O)SCF)C(C)CC2[C@@H]3CC(F)C4=CC(=O)C=C[C@]4(C)C3(F)[C@@H](O)C[C@@]21C. The summed E-state index contributed by atoms with van der Waals surface area (Å²) in [7, 11) is 0. The van der Waals surface area contributed by atoms with Crippen LogP contribution in [-0.2, 0) is 19.1 Å². The second-order valence-corrected chi connectivity index (χ2v) is 11.5. The summed E-state index contributed by atoms with van der Waals surface area (Å²) in [4.78, 5) is 37.8. The van der Waals surface area contributed by atoms with Crippen LogP contribution in [0.5, 0.6) is 0 Å². The molecule has 0 aromatic rings. The topological polar surface area (TPSA) is 80.7 Å². The lowest BCUT2D eigenvalue weighted by Crippen LogP contribution is -2.70. The van der Waals surface area contributed by atoms with E-state index < -0.39 is 75.0 Å². The molecule has 5 unspecified atom stereocenters. The Morgan fingerprint density at radius 3 is 2.56 bits per heavy atom. The molecule has 3 fully saturated rings. The number of aliphatic hydroxyl groups is 1. The standard InChI is InChI=1S/C25H31F3O5S/c1-5-20(31)33-25(21(32)34-12-26)13(2)8-15-16-10-18(27)17-9-14(29)6-7-22(17,3)24(16,28)19(30)11-23(15,25)4/h6-7,9,13,15-16,18-19,30H,5,8,10-12H2,1-4H3/t13?,15?,16-,18?,19-,22-,23-,24?,25?/m0/s1. The van der Waals surface area contributed by atoms with Gasteiger partial charge in [0.25, 0.3) is 0 Å². The van der Waals surface area contributed by atoms with Gasteiger partial charge in [-0.2, -0.15) is 0 Å². The predicted molar refractivity (Wildman–Crippen MR) is 121 cm³/mol. The Kier molecular flexibility index (Phi) is 6.16. The first kappa shape index (κ1) is 25.5. The van der Waals surface area contributed by atoms with E-state index in [1.54, 1.807) is 20.8 Å². The van der Waals surface area contributed by atoms with Crippen LogP contribution in [0.4, 0.5) is 13.2 Å². The Morgan fingerprint density at radius 2 is 1.94 bits per heavy atom. The number of ether oxygens (including phenoxy) is 1. The summed E-state index contributed by atoms with van der Waals surface area (Å²) in [6, 6.07) is -1.02. The minimum absolute atomic E-state index is 0.0141. The summed E-state index contributed by atoms with van der Waals surface area (Å²) >= 11 is 0.396. The third-order valence-corrected chi connectivity index (χ3v) is 9.90. The third-order valence-electron chi connectivity index (χ3n) is 9.22. The van der Waals surface area contributed by atoms with Crippen LogP contribution in [0.25, 0.3) is 0 Å².